The zero-order valence-electron chi connectivity index (χ0n) is 13.1. The fourth-order valence-electron chi connectivity index (χ4n) is 2.51. The van der Waals surface area contributed by atoms with Gasteiger partial charge in [-0.05, 0) is 19.1 Å². The van der Waals surface area contributed by atoms with Crippen LogP contribution in [0.15, 0.2) is 42.9 Å². The van der Waals surface area contributed by atoms with Gasteiger partial charge in [0, 0.05) is 43.1 Å². The van der Waals surface area contributed by atoms with Crippen molar-refractivity contribution < 1.29 is 0 Å². The Bertz CT molecular complexity index is 957. The lowest BCUT2D eigenvalue weighted by Gasteiger charge is -2.10. The summed E-state index contributed by atoms with van der Waals surface area (Å²) in [6, 6.07) is 7.75. The molecule has 4 aromatic heterocycles. The van der Waals surface area contributed by atoms with Gasteiger partial charge in [-0.1, -0.05) is 0 Å². The summed E-state index contributed by atoms with van der Waals surface area (Å²) in [5.41, 5.74) is 2.68. The molecule has 0 bridgehead atoms. The van der Waals surface area contributed by atoms with Crippen LogP contribution in [0.1, 0.15) is 11.6 Å². The van der Waals surface area contributed by atoms with Crippen LogP contribution >= 0.6 is 0 Å². The first-order chi connectivity index (χ1) is 11.8. The van der Waals surface area contributed by atoms with Crippen LogP contribution in [0.2, 0.25) is 0 Å². The van der Waals surface area contributed by atoms with Gasteiger partial charge in [0.2, 0.25) is 0 Å². The van der Waals surface area contributed by atoms with E-state index in [1.165, 1.54) is 0 Å². The van der Waals surface area contributed by atoms with Crippen LogP contribution in [0.3, 0.4) is 0 Å². The van der Waals surface area contributed by atoms with E-state index in [1.54, 1.807) is 23.1 Å². The largest absolute Gasteiger partial charge is 0.369 e. The molecule has 0 aliphatic carbocycles. The number of aryl methyl sites for hydroxylation is 1. The predicted molar refractivity (Wildman–Crippen MR) is 89.5 cm³/mol. The Morgan fingerprint density at radius 3 is 2.79 bits per heavy atom. The van der Waals surface area contributed by atoms with E-state index in [0.717, 1.165) is 40.8 Å². The lowest BCUT2D eigenvalue weighted by Crippen LogP contribution is -2.10. The van der Waals surface area contributed by atoms with Gasteiger partial charge in [0.25, 0.3) is 0 Å². The Morgan fingerprint density at radius 2 is 2.00 bits per heavy atom. The van der Waals surface area contributed by atoms with Crippen molar-refractivity contribution >= 4 is 11.5 Å². The fourth-order valence-corrected chi connectivity index (χ4v) is 2.51. The van der Waals surface area contributed by atoms with Crippen molar-refractivity contribution in [2.45, 2.75) is 13.3 Å². The molecule has 0 saturated heterocycles. The quantitative estimate of drug-likeness (QED) is 0.583. The Morgan fingerprint density at radius 1 is 1.12 bits per heavy atom. The van der Waals surface area contributed by atoms with Gasteiger partial charge in [-0.15, -0.1) is 0 Å². The predicted octanol–water partition coefficient (Wildman–Crippen LogP) is 1.87. The van der Waals surface area contributed by atoms with Crippen LogP contribution in [0.25, 0.3) is 16.9 Å². The van der Waals surface area contributed by atoms with Crippen LogP contribution < -0.4 is 5.32 Å². The van der Waals surface area contributed by atoms with E-state index in [4.69, 9.17) is 0 Å². The van der Waals surface area contributed by atoms with Crippen LogP contribution in [-0.4, -0.2) is 41.3 Å². The van der Waals surface area contributed by atoms with Crippen molar-refractivity contribution in [1.29, 1.82) is 0 Å². The number of nitrogens with one attached hydrogen (secondary N) is 2. The van der Waals surface area contributed by atoms with Crippen molar-refractivity contribution in [3.8, 4) is 11.3 Å². The van der Waals surface area contributed by atoms with Crippen LogP contribution in [-0.2, 0) is 6.42 Å². The average Bonchev–Trinajstić information content (AvgIpc) is 3.24. The zero-order valence-corrected chi connectivity index (χ0v) is 13.1. The van der Waals surface area contributed by atoms with Crippen molar-refractivity contribution in [2.75, 3.05) is 11.9 Å². The summed E-state index contributed by atoms with van der Waals surface area (Å²) in [4.78, 5) is 13.0. The van der Waals surface area contributed by atoms with Crippen LogP contribution in [0.4, 0.5) is 5.82 Å². The van der Waals surface area contributed by atoms with Gasteiger partial charge in [0.1, 0.15) is 11.6 Å². The number of fused-ring (bicyclic) bond motifs is 1. The maximum atomic E-state index is 4.64. The van der Waals surface area contributed by atoms with Gasteiger partial charge in [-0.2, -0.15) is 14.7 Å². The fraction of sp³-hybridized carbons (Fsp3) is 0.188. The summed E-state index contributed by atoms with van der Waals surface area (Å²) in [5, 5.41) is 14.7. The molecule has 0 amide bonds. The molecule has 0 unspecified atom stereocenters. The minimum absolute atomic E-state index is 0.700. The van der Waals surface area contributed by atoms with Crippen molar-refractivity contribution in [3.63, 3.8) is 0 Å². The molecule has 4 aromatic rings. The van der Waals surface area contributed by atoms with Gasteiger partial charge in [-0.25, -0.2) is 9.97 Å². The number of pyridine rings is 1. The molecule has 2 N–H and O–H groups in total. The second-order valence-corrected chi connectivity index (χ2v) is 5.38. The van der Waals surface area contributed by atoms with Gasteiger partial charge >= 0.3 is 0 Å². The molecular formula is C16H16N8. The van der Waals surface area contributed by atoms with E-state index in [9.17, 15) is 0 Å². The topological polar surface area (TPSA) is 96.7 Å². The maximum absolute atomic E-state index is 4.64. The molecule has 0 aromatic carbocycles. The molecule has 4 rings (SSSR count). The highest BCUT2D eigenvalue weighted by Crippen LogP contribution is 2.21. The summed E-state index contributed by atoms with van der Waals surface area (Å²) in [6.07, 6.45) is 5.98. The molecule has 120 valence electrons. The molecule has 0 aliphatic rings. The van der Waals surface area contributed by atoms with Crippen molar-refractivity contribution in [3.05, 3.63) is 54.5 Å². The Labute approximate surface area is 138 Å². The SMILES string of the molecule is Cc1nc(CCNc2cc(-c3ccncc3)nc3ccnn23)n[nH]1. The summed E-state index contributed by atoms with van der Waals surface area (Å²) in [7, 11) is 0. The van der Waals surface area contributed by atoms with Crippen molar-refractivity contribution in [1.82, 2.24) is 34.8 Å². The maximum Gasteiger partial charge on any atom is 0.157 e. The second-order valence-electron chi connectivity index (χ2n) is 5.38. The van der Waals surface area contributed by atoms with Gasteiger partial charge < -0.3 is 5.32 Å². The first-order valence-corrected chi connectivity index (χ1v) is 7.66. The number of H-pyrrole nitrogens is 1. The number of hydrogen-bond acceptors (Lipinski definition) is 6. The second kappa shape index (κ2) is 6.07. The van der Waals surface area contributed by atoms with Crippen LogP contribution in [0, 0.1) is 6.92 Å². The molecule has 24 heavy (non-hydrogen) atoms. The van der Waals surface area contributed by atoms with E-state index in [2.05, 4.69) is 35.6 Å². The van der Waals surface area contributed by atoms with Crippen LogP contribution in [0.5, 0.6) is 0 Å². The highest BCUT2D eigenvalue weighted by molar-refractivity contribution is 5.65. The van der Waals surface area contributed by atoms with E-state index >= 15 is 0 Å². The molecular weight excluding hydrogens is 304 g/mol. The van der Waals surface area contributed by atoms with Gasteiger partial charge in [0.15, 0.2) is 11.5 Å². The van der Waals surface area contributed by atoms with E-state index in [-0.39, 0.29) is 0 Å². The zero-order chi connectivity index (χ0) is 16.4. The Kier molecular flexibility index (Phi) is 3.62. The molecule has 4 heterocycles. The number of aromatic amines is 1. The highest BCUT2D eigenvalue weighted by Gasteiger charge is 2.08. The third-order valence-corrected chi connectivity index (χ3v) is 3.63. The lowest BCUT2D eigenvalue weighted by molar-refractivity contribution is 0.875. The summed E-state index contributed by atoms with van der Waals surface area (Å²) in [5.74, 6) is 2.49. The smallest absolute Gasteiger partial charge is 0.157 e. The monoisotopic (exact) mass is 320 g/mol. The number of aromatic nitrogens is 7. The van der Waals surface area contributed by atoms with E-state index in [0.29, 0.717) is 6.54 Å². The molecule has 0 saturated carbocycles. The van der Waals surface area contributed by atoms with E-state index < -0.39 is 0 Å². The van der Waals surface area contributed by atoms with Gasteiger partial charge in [-0.3, -0.25) is 10.1 Å². The molecule has 0 aliphatic heterocycles. The molecule has 8 nitrogen and oxygen atoms in total. The van der Waals surface area contributed by atoms with Gasteiger partial charge in [0.05, 0.1) is 11.9 Å². The number of anilines is 1. The highest BCUT2D eigenvalue weighted by atomic mass is 15.3. The normalized spacial score (nSPS) is 11.0. The molecule has 8 heteroatoms. The van der Waals surface area contributed by atoms with Crippen molar-refractivity contribution in [2.24, 2.45) is 0 Å². The lowest BCUT2D eigenvalue weighted by atomic mass is 10.2. The number of nitrogens with zero attached hydrogens (tertiary/aromatic N) is 6. The summed E-state index contributed by atoms with van der Waals surface area (Å²) >= 11 is 0. The molecule has 0 atom stereocenters. The van der Waals surface area contributed by atoms with E-state index in [1.807, 2.05) is 31.2 Å². The minimum Gasteiger partial charge on any atom is -0.369 e. The average molecular weight is 320 g/mol. The number of rotatable bonds is 5. The molecule has 0 radical (unpaired) electrons. The Hall–Kier alpha value is -3.29. The summed E-state index contributed by atoms with van der Waals surface area (Å²) < 4.78 is 1.79. The third kappa shape index (κ3) is 2.81. The third-order valence-electron chi connectivity index (χ3n) is 3.63. The minimum atomic E-state index is 0.700. The first-order valence-electron chi connectivity index (χ1n) is 7.66. The summed E-state index contributed by atoms with van der Waals surface area (Å²) in [6.45, 7) is 2.59. The Balaban J connectivity index is 1.60. The first kappa shape index (κ1) is 14.3. The molecule has 0 spiro atoms. The molecule has 0 fully saturated rings. The number of hydrogen-bond donors (Lipinski definition) is 2. The standard InChI is InChI=1S/C16H16N8/c1-11-20-14(23-22-11)4-8-18-16-10-13(12-2-6-17-7-3-12)21-15-5-9-19-24(15)16/h2-3,5-7,9-10,18H,4,8H2,1H3,(H,20,22,23).